The van der Waals surface area contributed by atoms with Gasteiger partial charge in [-0.3, -0.25) is 9.59 Å². The molecule has 1 unspecified atom stereocenters. The zero-order valence-electron chi connectivity index (χ0n) is 14.6. The van der Waals surface area contributed by atoms with Crippen molar-refractivity contribution in [3.8, 4) is 0 Å². The lowest BCUT2D eigenvalue weighted by atomic mass is 10.0. The minimum atomic E-state index is -0.236. The Labute approximate surface area is 160 Å². The second-order valence-electron chi connectivity index (χ2n) is 5.87. The average molecular weight is 386 g/mol. The number of hydrogen-bond acceptors (Lipinski definition) is 6. The van der Waals surface area contributed by atoms with E-state index in [-0.39, 0.29) is 16.9 Å². The van der Waals surface area contributed by atoms with Crippen LogP contribution in [-0.2, 0) is 11.2 Å². The van der Waals surface area contributed by atoms with E-state index >= 15 is 0 Å². The first kappa shape index (κ1) is 18.5. The van der Waals surface area contributed by atoms with Gasteiger partial charge < -0.3 is 5.32 Å². The van der Waals surface area contributed by atoms with Crippen LogP contribution in [0.2, 0.25) is 0 Å². The van der Waals surface area contributed by atoms with E-state index in [4.69, 9.17) is 0 Å². The highest BCUT2D eigenvalue weighted by atomic mass is 32.2. The number of hydrogen-bond donors (Lipinski definition) is 1. The number of carbonyl (C=O) groups excluding carboxylic acids is 2. The molecule has 3 aromatic rings. The molecule has 26 heavy (non-hydrogen) atoms. The summed E-state index contributed by atoms with van der Waals surface area (Å²) in [5.74, 6) is 0.0407. The third kappa shape index (κ3) is 4.47. The molecule has 0 saturated heterocycles. The molecule has 7 heteroatoms. The summed E-state index contributed by atoms with van der Waals surface area (Å²) in [6, 6.07) is 9.54. The molecule has 1 N–H and O–H groups in total. The summed E-state index contributed by atoms with van der Waals surface area (Å²) >= 11 is 3.05. The SMILES string of the molecule is CC(=O)NCCc1ccc(C(=O)C(C)Sc2ncnc3ccsc23)cc1. The molecule has 0 aliphatic rings. The number of carbonyl (C=O) groups is 2. The Bertz CT molecular complexity index is 922. The Morgan fingerprint density at radius 3 is 2.69 bits per heavy atom. The smallest absolute Gasteiger partial charge is 0.216 e. The molecule has 0 aliphatic carbocycles. The summed E-state index contributed by atoms with van der Waals surface area (Å²) in [6.07, 6.45) is 2.29. The van der Waals surface area contributed by atoms with Gasteiger partial charge in [-0.05, 0) is 30.4 Å². The Kier molecular flexibility index (Phi) is 6.00. The second kappa shape index (κ2) is 8.42. The topological polar surface area (TPSA) is 72.0 Å². The first-order chi connectivity index (χ1) is 12.5. The fourth-order valence-corrected chi connectivity index (χ4v) is 4.44. The summed E-state index contributed by atoms with van der Waals surface area (Å²) in [5, 5.41) is 5.36. The predicted molar refractivity (Wildman–Crippen MR) is 106 cm³/mol. The number of amides is 1. The lowest BCUT2D eigenvalue weighted by Crippen LogP contribution is -2.22. The van der Waals surface area contributed by atoms with E-state index in [0.29, 0.717) is 12.1 Å². The van der Waals surface area contributed by atoms with Gasteiger partial charge in [0.25, 0.3) is 0 Å². The minimum absolute atomic E-state index is 0.0350. The van der Waals surface area contributed by atoms with E-state index in [1.54, 1.807) is 17.7 Å². The molecule has 0 fully saturated rings. The molecular formula is C19H19N3O2S2. The number of rotatable bonds is 7. The van der Waals surface area contributed by atoms with Crippen LogP contribution in [-0.4, -0.2) is 33.5 Å². The van der Waals surface area contributed by atoms with Crippen LogP contribution in [0.3, 0.4) is 0 Å². The monoisotopic (exact) mass is 385 g/mol. The molecule has 0 aliphatic heterocycles. The van der Waals surface area contributed by atoms with Crippen molar-refractivity contribution in [1.82, 2.24) is 15.3 Å². The predicted octanol–water partition coefficient (Wildman–Crippen LogP) is 3.73. The maximum Gasteiger partial charge on any atom is 0.216 e. The van der Waals surface area contributed by atoms with Crippen molar-refractivity contribution in [2.24, 2.45) is 0 Å². The van der Waals surface area contributed by atoms with E-state index in [9.17, 15) is 9.59 Å². The van der Waals surface area contributed by atoms with E-state index in [2.05, 4.69) is 15.3 Å². The van der Waals surface area contributed by atoms with E-state index in [0.717, 1.165) is 27.2 Å². The molecule has 0 spiro atoms. The molecule has 5 nitrogen and oxygen atoms in total. The van der Waals surface area contributed by atoms with E-state index < -0.39 is 0 Å². The molecule has 0 bridgehead atoms. The summed E-state index contributed by atoms with van der Waals surface area (Å²) < 4.78 is 1.02. The number of Topliss-reactive ketones (excluding diaryl/α,β-unsaturated/α-hetero) is 1. The molecule has 0 saturated carbocycles. The molecule has 0 radical (unpaired) electrons. The Hall–Kier alpha value is -2.25. The first-order valence-corrected chi connectivity index (χ1v) is 10.0. The summed E-state index contributed by atoms with van der Waals surface area (Å²) in [4.78, 5) is 32.2. The van der Waals surface area contributed by atoms with Crippen molar-refractivity contribution >= 4 is 45.0 Å². The number of thiophene rings is 1. The number of fused-ring (bicyclic) bond motifs is 1. The van der Waals surface area contributed by atoms with Gasteiger partial charge in [-0.1, -0.05) is 36.0 Å². The zero-order valence-corrected chi connectivity index (χ0v) is 16.2. The Morgan fingerprint density at radius 1 is 1.19 bits per heavy atom. The summed E-state index contributed by atoms with van der Waals surface area (Å²) in [7, 11) is 0. The molecular weight excluding hydrogens is 366 g/mol. The van der Waals surface area contributed by atoms with Crippen LogP contribution >= 0.6 is 23.1 Å². The number of aromatic nitrogens is 2. The molecule has 1 atom stereocenters. The van der Waals surface area contributed by atoms with Crippen molar-refractivity contribution in [1.29, 1.82) is 0 Å². The second-order valence-corrected chi connectivity index (χ2v) is 8.11. The lowest BCUT2D eigenvalue weighted by molar-refractivity contribution is -0.118. The summed E-state index contributed by atoms with van der Waals surface area (Å²) in [6.45, 7) is 4.00. The third-order valence-corrected chi connectivity index (χ3v) is 6.03. The molecule has 3 rings (SSSR count). The van der Waals surface area contributed by atoms with Crippen molar-refractivity contribution < 1.29 is 9.59 Å². The van der Waals surface area contributed by atoms with Crippen molar-refractivity contribution in [2.45, 2.75) is 30.5 Å². The van der Waals surface area contributed by atoms with Gasteiger partial charge in [0, 0.05) is 19.0 Å². The first-order valence-electron chi connectivity index (χ1n) is 8.27. The van der Waals surface area contributed by atoms with E-state index in [1.165, 1.54) is 18.7 Å². The third-order valence-electron chi connectivity index (χ3n) is 3.89. The van der Waals surface area contributed by atoms with Gasteiger partial charge >= 0.3 is 0 Å². The highest BCUT2D eigenvalue weighted by molar-refractivity contribution is 8.00. The van der Waals surface area contributed by atoms with Gasteiger partial charge in [0.05, 0.1) is 15.5 Å². The van der Waals surface area contributed by atoms with Crippen LogP contribution in [0.4, 0.5) is 0 Å². The zero-order chi connectivity index (χ0) is 18.5. The van der Waals surface area contributed by atoms with Gasteiger partial charge in [-0.25, -0.2) is 9.97 Å². The van der Waals surface area contributed by atoms with Gasteiger partial charge in [0.1, 0.15) is 11.4 Å². The van der Waals surface area contributed by atoms with Crippen molar-refractivity contribution in [3.05, 3.63) is 53.2 Å². The number of thioether (sulfide) groups is 1. The summed E-state index contributed by atoms with van der Waals surface area (Å²) in [5.41, 5.74) is 2.69. The van der Waals surface area contributed by atoms with Gasteiger partial charge in [0.2, 0.25) is 5.91 Å². The fraction of sp³-hybridized carbons (Fsp3) is 0.263. The number of nitrogens with one attached hydrogen (secondary N) is 1. The maximum atomic E-state index is 12.7. The average Bonchev–Trinajstić information content (AvgIpc) is 3.11. The van der Waals surface area contributed by atoms with Crippen LogP contribution in [0, 0.1) is 0 Å². The molecule has 1 amide bonds. The van der Waals surface area contributed by atoms with Crippen LogP contribution in [0.5, 0.6) is 0 Å². The van der Waals surface area contributed by atoms with Crippen LogP contribution in [0.25, 0.3) is 10.2 Å². The highest BCUT2D eigenvalue weighted by Gasteiger charge is 2.19. The molecule has 2 aromatic heterocycles. The highest BCUT2D eigenvalue weighted by Crippen LogP contribution is 2.32. The molecule has 1 aromatic carbocycles. The van der Waals surface area contributed by atoms with Gasteiger partial charge in [0.15, 0.2) is 5.78 Å². The number of benzene rings is 1. The van der Waals surface area contributed by atoms with Crippen LogP contribution < -0.4 is 5.32 Å². The maximum absolute atomic E-state index is 12.7. The van der Waals surface area contributed by atoms with Crippen LogP contribution in [0.1, 0.15) is 29.8 Å². The molecule has 2 heterocycles. The number of nitrogens with zero attached hydrogens (tertiary/aromatic N) is 2. The van der Waals surface area contributed by atoms with Gasteiger partial charge in [-0.15, -0.1) is 11.3 Å². The van der Waals surface area contributed by atoms with Crippen molar-refractivity contribution in [3.63, 3.8) is 0 Å². The van der Waals surface area contributed by atoms with Crippen molar-refractivity contribution in [2.75, 3.05) is 6.54 Å². The van der Waals surface area contributed by atoms with Gasteiger partial charge in [-0.2, -0.15) is 0 Å². The van der Waals surface area contributed by atoms with E-state index in [1.807, 2.05) is 42.6 Å². The Balaban J connectivity index is 1.64. The normalized spacial score (nSPS) is 12.1. The Morgan fingerprint density at radius 2 is 1.96 bits per heavy atom. The lowest BCUT2D eigenvalue weighted by Gasteiger charge is -2.11. The van der Waals surface area contributed by atoms with Crippen LogP contribution in [0.15, 0.2) is 47.1 Å². The fourth-order valence-electron chi connectivity index (χ4n) is 2.52. The molecule has 134 valence electrons. The quantitative estimate of drug-likeness (QED) is 0.381. The standard InChI is InChI=1S/C19H19N3O2S2/c1-12(26-19-18-16(8-10-25-18)21-11-22-19)17(24)15-5-3-14(4-6-15)7-9-20-13(2)23/h3-6,8,10-12H,7,9H2,1-2H3,(H,20,23). The largest absolute Gasteiger partial charge is 0.356 e. The minimum Gasteiger partial charge on any atom is -0.356 e. The number of ketones is 1.